The van der Waals surface area contributed by atoms with Crippen LogP contribution < -0.4 is 10.6 Å². The van der Waals surface area contributed by atoms with Crippen molar-refractivity contribution in [3.8, 4) is 0 Å². The van der Waals surface area contributed by atoms with Gasteiger partial charge in [-0.05, 0) is 0 Å². The van der Waals surface area contributed by atoms with Crippen LogP contribution in [0, 0.1) is 0 Å². The van der Waals surface area contributed by atoms with E-state index in [1.807, 2.05) is 0 Å². The van der Waals surface area contributed by atoms with E-state index in [0.29, 0.717) is 13.2 Å². The molecule has 2 N–H and O–H groups in total. The molecule has 0 rings (SSSR count). The number of urea groups is 1. The quantitative estimate of drug-likeness (QED) is 0.424. The molecule has 0 aromatic heterocycles. The Balaban J connectivity index is 3.09. The summed E-state index contributed by atoms with van der Waals surface area (Å²) in [6.45, 7) is 1.24. The van der Waals surface area contributed by atoms with Crippen LogP contribution in [0.1, 0.15) is 0 Å². The largest absolute Gasteiger partial charge is 0.383 e. The zero-order chi connectivity index (χ0) is 8.53. The van der Waals surface area contributed by atoms with Crippen molar-refractivity contribution in [2.24, 2.45) is 0 Å². The summed E-state index contributed by atoms with van der Waals surface area (Å²) in [5.74, 6) is 0. The lowest BCUT2D eigenvalue weighted by Gasteiger charge is -2.04. The number of ether oxygens (including phenoxy) is 2. The number of amides is 2. The molecule has 0 fully saturated rings. The lowest BCUT2D eigenvalue weighted by atomic mass is 10.7. The third kappa shape index (κ3) is 7.08. The van der Waals surface area contributed by atoms with Gasteiger partial charge in [-0.15, -0.1) is 0 Å². The van der Waals surface area contributed by atoms with Crippen LogP contribution >= 0.6 is 0 Å². The van der Waals surface area contributed by atoms with Gasteiger partial charge < -0.3 is 20.1 Å². The Bertz CT molecular complexity index is 108. The van der Waals surface area contributed by atoms with Gasteiger partial charge >= 0.3 is 6.03 Å². The summed E-state index contributed by atoms with van der Waals surface area (Å²) < 4.78 is 9.34. The summed E-state index contributed by atoms with van der Waals surface area (Å²) in [7, 11) is 3.09. The van der Waals surface area contributed by atoms with E-state index in [1.54, 1.807) is 7.11 Å². The Morgan fingerprint density at radius 2 is 2.00 bits per heavy atom. The molecule has 0 unspecified atom stereocenters. The molecular weight excluding hydrogens is 148 g/mol. The molecule has 5 heteroatoms. The molecule has 0 atom stereocenters. The maximum atomic E-state index is 10.7. The van der Waals surface area contributed by atoms with E-state index in [2.05, 4.69) is 15.4 Å². The molecule has 0 bridgehead atoms. The van der Waals surface area contributed by atoms with Crippen LogP contribution in [0.25, 0.3) is 0 Å². The average molecular weight is 162 g/mol. The van der Waals surface area contributed by atoms with Crippen LogP contribution in [0.2, 0.25) is 0 Å². The Labute approximate surface area is 66.1 Å². The molecule has 0 saturated carbocycles. The number of nitrogens with one attached hydrogen (secondary N) is 2. The highest BCUT2D eigenvalue weighted by atomic mass is 16.5. The second kappa shape index (κ2) is 7.30. The van der Waals surface area contributed by atoms with E-state index >= 15 is 0 Å². The topological polar surface area (TPSA) is 59.6 Å². The van der Waals surface area contributed by atoms with E-state index in [4.69, 9.17) is 4.74 Å². The Hall–Kier alpha value is -0.810. The molecule has 0 aliphatic carbocycles. The van der Waals surface area contributed by atoms with Gasteiger partial charge in [-0.2, -0.15) is 0 Å². The van der Waals surface area contributed by atoms with Gasteiger partial charge in [0.1, 0.15) is 6.73 Å². The molecule has 5 nitrogen and oxygen atoms in total. The van der Waals surface area contributed by atoms with E-state index < -0.39 is 0 Å². The van der Waals surface area contributed by atoms with E-state index in [-0.39, 0.29) is 12.8 Å². The predicted molar refractivity (Wildman–Crippen MR) is 40.3 cm³/mol. The Morgan fingerprint density at radius 1 is 1.27 bits per heavy atom. The first-order valence-corrected chi connectivity index (χ1v) is 3.31. The van der Waals surface area contributed by atoms with Gasteiger partial charge in [-0.25, -0.2) is 4.79 Å². The standard InChI is InChI=1S/C6H14N2O3/c1-10-4-3-7-6(9)8-5-11-2/h3-5H2,1-2H3,(H2,7,8,9). The molecule has 0 heterocycles. The van der Waals surface area contributed by atoms with Crippen molar-refractivity contribution >= 4 is 6.03 Å². The highest BCUT2D eigenvalue weighted by Gasteiger charge is 1.95. The summed E-state index contributed by atoms with van der Waals surface area (Å²) >= 11 is 0. The molecule has 2 amide bonds. The minimum atomic E-state index is -0.246. The summed E-state index contributed by atoms with van der Waals surface area (Å²) in [5, 5.41) is 5.03. The Morgan fingerprint density at radius 3 is 2.55 bits per heavy atom. The highest BCUT2D eigenvalue weighted by molar-refractivity contribution is 5.73. The SMILES string of the molecule is COCCNC(=O)NCOC. The zero-order valence-corrected chi connectivity index (χ0v) is 6.85. The predicted octanol–water partition coefficient (Wildman–Crippen LogP) is -0.464. The third-order valence-electron chi connectivity index (χ3n) is 0.969. The second-order valence-electron chi connectivity index (χ2n) is 1.86. The van der Waals surface area contributed by atoms with Crippen LogP contribution in [0.5, 0.6) is 0 Å². The first-order chi connectivity index (χ1) is 5.31. The molecule has 0 radical (unpaired) electrons. The number of carbonyl (C=O) groups is 1. The van der Waals surface area contributed by atoms with Gasteiger partial charge in [-0.3, -0.25) is 0 Å². The van der Waals surface area contributed by atoms with Crippen molar-refractivity contribution in [3.63, 3.8) is 0 Å². The van der Waals surface area contributed by atoms with Crippen molar-refractivity contribution in [1.82, 2.24) is 10.6 Å². The zero-order valence-electron chi connectivity index (χ0n) is 6.85. The summed E-state index contributed by atoms with van der Waals surface area (Å²) in [4.78, 5) is 10.7. The average Bonchev–Trinajstić information content (AvgIpc) is 2.01. The van der Waals surface area contributed by atoms with Gasteiger partial charge in [0, 0.05) is 20.8 Å². The van der Waals surface area contributed by atoms with Crippen LogP contribution in [-0.4, -0.2) is 40.1 Å². The normalized spacial score (nSPS) is 9.27. The molecule has 0 aromatic rings. The van der Waals surface area contributed by atoms with Crippen molar-refractivity contribution in [3.05, 3.63) is 0 Å². The monoisotopic (exact) mass is 162 g/mol. The maximum absolute atomic E-state index is 10.7. The fraction of sp³-hybridized carbons (Fsp3) is 0.833. The number of rotatable bonds is 5. The summed E-state index contributed by atoms with van der Waals surface area (Å²) in [6.07, 6.45) is 0. The maximum Gasteiger partial charge on any atom is 0.316 e. The number of carbonyl (C=O) groups excluding carboxylic acids is 1. The van der Waals surface area contributed by atoms with E-state index in [1.165, 1.54) is 7.11 Å². The van der Waals surface area contributed by atoms with Crippen molar-refractivity contribution in [2.45, 2.75) is 0 Å². The van der Waals surface area contributed by atoms with Crippen LogP contribution in [0.4, 0.5) is 4.79 Å². The van der Waals surface area contributed by atoms with Crippen molar-refractivity contribution in [2.75, 3.05) is 34.1 Å². The lowest BCUT2D eigenvalue weighted by molar-refractivity contribution is 0.168. The number of hydrogen-bond donors (Lipinski definition) is 2. The van der Waals surface area contributed by atoms with Gasteiger partial charge in [0.2, 0.25) is 0 Å². The van der Waals surface area contributed by atoms with E-state index in [9.17, 15) is 4.79 Å². The first-order valence-electron chi connectivity index (χ1n) is 3.31. The molecule has 0 aromatic carbocycles. The third-order valence-corrected chi connectivity index (χ3v) is 0.969. The fourth-order valence-electron chi connectivity index (χ4n) is 0.467. The lowest BCUT2D eigenvalue weighted by Crippen LogP contribution is -2.38. The molecule has 0 spiro atoms. The summed E-state index contributed by atoms with van der Waals surface area (Å²) in [6, 6.07) is -0.246. The van der Waals surface area contributed by atoms with Gasteiger partial charge in [0.25, 0.3) is 0 Å². The van der Waals surface area contributed by atoms with Crippen LogP contribution in [0.15, 0.2) is 0 Å². The van der Waals surface area contributed by atoms with Gasteiger partial charge in [-0.1, -0.05) is 0 Å². The molecule has 11 heavy (non-hydrogen) atoms. The van der Waals surface area contributed by atoms with Crippen LogP contribution in [0.3, 0.4) is 0 Å². The summed E-state index contributed by atoms with van der Waals surface area (Å²) in [5.41, 5.74) is 0. The molecular formula is C6H14N2O3. The highest BCUT2D eigenvalue weighted by Crippen LogP contribution is 1.67. The smallest absolute Gasteiger partial charge is 0.316 e. The molecule has 66 valence electrons. The molecule has 0 aliphatic rings. The van der Waals surface area contributed by atoms with Crippen molar-refractivity contribution < 1.29 is 14.3 Å². The van der Waals surface area contributed by atoms with E-state index in [0.717, 1.165) is 0 Å². The van der Waals surface area contributed by atoms with Crippen LogP contribution in [-0.2, 0) is 9.47 Å². The van der Waals surface area contributed by atoms with Gasteiger partial charge in [0.15, 0.2) is 0 Å². The number of hydrogen-bond acceptors (Lipinski definition) is 3. The fourth-order valence-corrected chi connectivity index (χ4v) is 0.467. The first kappa shape index (κ1) is 10.2. The second-order valence-corrected chi connectivity index (χ2v) is 1.86. The molecule has 0 aliphatic heterocycles. The van der Waals surface area contributed by atoms with Crippen molar-refractivity contribution in [1.29, 1.82) is 0 Å². The Kier molecular flexibility index (Phi) is 6.76. The van der Waals surface area contributed by atoms with Gasteiger partial charge in [0.05, 0.1) is 6.61 Å². The number of methoxy groups -OCH3 is 2. The molecule has 0 saturated heterocycles. The minimum Gasteiger partial charge on any atom is -0.383 e. The minimum absolute atomic E-state index is 0.221.